The van der Waals surface area contributed by atoms with Gasteiger partial charge in [0.2, 0.25) is 0 Å². The summed E-state index contributed by atoms with van der Waals surface area (Å²) in [4.78, 5) is 21.9. The Kier molecular flexibility index (Phi) is 4.60. The van der Waals surface area contributed by atoms with E-state index in [0.29, 0.717) is 5.69 Å². The molecule has 0 aliphatic heterocycles. The fraction of sp³-hybridized carbons (Fsp3) is 0.250. The molecule has 1 heterocycles. The summed E-state index contributed by atoms with van der Waals surface area (Å²) in [7, 11) is 0. The van der Waals surface area contributed by atoms with E-state index in [1.54, 1.807) is 0 Å². The summed E-state index contributed by atoms with van der Waals surface area (Å²) in [5.74, 6) is -4.07. The molecule has 0 saturated carbocycles. The van der Waals surface area contributed by atoms with Crippen molar-refractivity contribution in [3.8, 4) is 5.69 Å². The zero-order chi connectivity index (χ0) is 17.0. The molecule has 11 heteroatoms. The van der Waals surface area contributed by atoms with E-state index in [9.17, 15) is 23.7 Å². The first kappa shape index (κ1) is 16.4. The van der Waals surface area contributed by atoms with Crippen LogP contribution in [0.2, 0.25) is 0 Å². The Labute approximate surface area is 128 Å². The van der Waals surface area contributed by atoms with Gasteiger partial charge in [-0.05, 0) is 6.07 Å². The molecule has 2 rings (SSSR count). The monoisotopic (exact) mass is 326 g/mol. The lowest BCUT2D eigenvalue weighted by molar-refractivity contribution is -0.384. The average Bonchev–Trinajstić information content (AvgIpc) is 3.03. The second-order valence-corrected chi connectivity index (χ2v) is 4.57. The maximum atomic E-state index is 13.0. The van der Waals surface area contributed by atoms with Gasteiger partial charge in [-0.3, -0.25) is 14.9 Å². The predicted molar refractivity (Wildman–Crippen MR) is 74.3 cm³/mol. The van der Waals surface area contributed by atoms with Crippen LogP contribution in [0.3, 0.4) is 0 Å². The van der Waals surface area contributed by atoms with Crippen LogP contribution in [0.25, 0.3) is 5.69 Å². The summed E-state index contributed by atoms with van der Waals surface area (Å²) < 4.78 is 27.1. The van der Waals surface area contributed by atoms with Gasteiger partial charge in [0.1, 0.15) is 0 Å². The number of non-ortho nitro benzene ring substituents is 1. The molecule has 2 aromatic rings. The average molecular weight is 326 g/mol. The molecule has 0 fully saturated rings. The molecule has 3 N–H and O–H groups in total. The van der Waals surface area contributed by atoms with Gasteiger partial charge in [0, 0.05) is 12.1 Å². The molecular formula is C12H12F2N6O3. The van der Waals surface area contributed by atoms with E-state index in [4.69, 9.17) is 5.73 Å². The Morgan fingerprint density at radius 3 is 2.87 bits per heavy atom. The number of nitrogens with zero attached hydrogens (tertiary/aromatic N) is 4. The van der Waals surface area contributed by atoms with E-state index < -0.39 is 29.8 Å². The molecule has 0 spiro atoms. The molecule has 1 aromatic heterocycles. The van der Waals surface area contributed by atoms with E-state index in [-0.39, 0.29) is 11.4 Å². The maximum absolute atomic E-state index is 13.0. The summed E-state index contributed by atoms with van der Waals surface area (Å²) in [5, 5.41) is 19.9. The van der Waals surface area contributed by atoms with Gasteiger partial charge in [-0.25, -0.2) is 13.5 Å². The van der Waals surface area contributed by atoms with Crippen LogP contribution in [0, 0.1) is 10.1 Å². The van der Waals surface area contributed by atoms with Crippen molar-refractivity contribution in [3.63, 3.8) is 0 Å². The fourth-order valence-electron chi connectivity index (χ4n) is 1.62. The zero-order valence-corrected chi connectivity index (χ0v) is 11.6. The molecule has 0 saturated heterocycles. The van der Waals surface area contributed by atoms with Gasteiger partial charge in [0.15, 0.2) is 5.69 Å². The highest BCUT2D eigenvalue weighted by Gasteiger charge is 2.27. The first-order valence-corrected chi connectivity index (χ1v) is 6.36. The lowest BCUT2D eigenvalue weighted by atomic mass is 10.3. The van der Waals surface area contributed by atoms with Gasteiger partial charge < -0.3 is 11.1 Å². The lowest BCUT2D eigenvalue weighted by Gasteiger charge is -2.13. The highest BCUT2D eigenvalue weighted by atomic mass is 19.3. The number of carbonyl (C=O) groups is 1. The summed E-state index contributed by atoms with van der Waals surface area (Å²) in [6.45, 7) is -1.82. The van der Waals surface area contributed by atoms with Crippen molar-refractivity contribution in [2.75, 3.05) is 13.1 Å². The zero-order valence-electron chi connectivity index (χ0n) is 11.6. The highest BCUT2D eigenvalue weighted by molar-refractivity contribution is 5.91. The van der Waals surface area contributed by atoms with Crippen LogP contribution in [-0.2, 0) is 0 Å². The van der Waals surface area contributed by atoms with Gasteiger partial charge in [-0.2, -0.15) is 0 Å². The molecule has 0 aliphatic rings. The molecule has 1 aromatic carbocycles. The topological polar surface area (TPSA) is 129 Å². The third kappa shape index (κ3) is 4.03. The normalized spacial score (nSPS) is 11.3. The number of hydrogen-bond acceptors (Lipinski definition) is 6. The van der Waals surface area contributed by atoms with E-state index in [0.717, 1.165) is 4.68 Å². The van der Waals surface area contributed by atoms with Gasteiger partial charge in [-0.1, -0.05) is 11.3 Å². The second-order valence-electron chi connectivity index (χ2n) is 4.57. The Morgan fingerprint density at radius 2 is 2.22 bits per heavy atom. The van der Waals surface area contributed by atoms with E-state index in [2.05, 4.69) is 10.3 Å². The molecule has 1 amide bonds. The first-order chi connectivity index (χ1) is 10.8. The number of aromatic nitrogens is 3. The Morgan fingerprint density at radius 1 is 1.48 bits per heavy atom. The van der Waals surface area contributed by atoms with Crippen LogP contribution in [0.15, 0.2) is 30.5 Å². The van der Waals surface area contributed by atoms with Gasteiger partial charge >= 0.3 is 0 Å². The Hall–Kier alpha value is -2.95. The fourth-order valence-corrected chi connectivity index (χ4v) is 1.62. The van der Waals surface area contributed by atoms with Crippen LogP contribution in [0.4, 0.5) is 14.5 Å². The number of carbonyl (C=O) groups excluding carboxylic acids is 1. The first-order valence-electron chi connectivity index (χ1n) is 6.36. The van der Waals surface area contributed by atoms with Crippen LogP contribution < -0.4 is 11.1 Å². The number of benzene rings is 1. The van der Waals surface area contributed by atoms with Crippen molar-refractivity contribution < 1.29 is 18.5 Å². The SMILES string of the molecule is NCC(F)(F)CNC(=O)c1cn(-c2cccc([N+](=O)[O-])c2)nn1. The number of alkyl halides is 2. The smallest absolute Gasteiger partial charge is 0.277 e. The summed E-state index contributed by atoms with van der Waals surface area (Å²) in [6, 6.07) is 5.49. The van der Waals surface area contributed by atoms with Gasteiger partial charge in [0.25, 0.3) is 17.5 Å². The number of nitrogens with two attached hydrogens (primary N) is 1. The molecule has 0 unspecified atom stereocenters. The molecule has 0 bridgehead atoms. The number of hydrogen-bond donors (Lipinski definition) is 2. The third-order valence-electron chi connectivity index (χ3n) is 2.84. The van der Waals surface area contributed by atoms with Crippen molar-refractivity contribution in [1.29, 1.82) is 0 Å². The van der Waals surface area contributed by atoms with Crippen LogP contribution in [-0.4, -0.2) is 44.8 Å². The quantitative estimate of drug-likeness (QED) is 0.587. The van der Waals surface area contributed by atoms with Crippen LogP contribution >= 0.6 is 0 Å². The molecule has 0 atom stereocenters. The number of halogens is 2. The van der Waals surface area contributed by atoms with Gasteiger partial charge in [-0.15, -0.1) is 5.10 Å². The van der Waals surface area contributed by atoms with E-state index >= 15 is 0 Å². The lowest BCUT2D eigenvalue weighted by Crippen LogP contribution is -2.41. The minimum absolute atomic E-state index is 0.161. The Balaban J connectivity index is 2.13. The van der Waals surface area contributed by atoms with Crippen molar-refractivity contribution in [2.24, 2.45) is 5.73 Å². The van der Waals surface area contributed by atoms with Crippen LogP contribution in [0.1, 0.15) is 10.5 Å². The molecule has 0 radical (unpaired) electrons. The maximum Gasteiger partial charge on any atom is 0.277 e. The molecular weight excluding hydrogens is 314 g/mol. The van der Waals surface area contributed by atoms with Crippen molar-refractivity contribution in [2.45, 2.75) is 5.92 Å². The number of nitro benzene ring substituents is 1. The minimum atomic E-state index is -3.22. The second kappa shape index (κ2) is 6.44. The Bertz CT molecular complexity index is 733. The number of nitro groups is 1. The summed E-state index contributed by atoms with van der Waals surface area (Å²) in [5.41, 5.74) is 4.80. The van der Waals surface area contributed by atoms with E-state index in [1.165, 1.54) is 30.5 Å². The number of amides is 1. The van der Waals surface area contributed by atoms with Crippen molar-refractivity contribution in [1.82, 2.24) is 20.3 Å². The van der Waals surface area contributed by atoms with Crippen molar-refractivity contribution in [3.05, 3.63) is 46.3 Å². The minimum Gasteiger partial charge on any atom is -0.344 e. The van der Waals surface area contributed by atoms with Crippen LogP contribution in [0.5, 0.6) is 0 Å². The van der Waals surface area contributed by atoms with Crippen molar-refractivity contribution >= 4 is 11.6 Å². The summed E-state index contributed by atoms with van der Waals surface area (Å²) in [6.07, 6.45) is 1.18. The molecule has 23 heavy (non-hydrogen) atoms. The highest BCUT2D eigenvalue weighted by Crippen LogP contribution is 2.16. The predicted octanol–water partition coefficient (Wildman–Crippen LogP) is 0.499. The van der Waals surface area contributed by atoms with Gasteiger partial charge in [0.05, 0.1) is 29.9 Å². The largest absolute Gasteiger partial charge is 0.344 e. The number of rotatable bonds is 6. The molecule has 9 nitrogen and oxygen atoms in total. The molecule has 122 valence electrons. The molecule has 0 aliphatic carbocycles. The van der Waals surface area contributed by atoms with E-state index in [1.807, 2.05) is 5.32 Å². The third-order valence-corrected chi connectivity index (χ3v) is 2.84. The number of nitrogens with one attached hydrogen (secondary N) is 1. The standard InChI is InChI=1S/C12H12F2N6O3/c13-12(14,6-15)7-16-11(21)10-5-19(18-17-10)8-2-1-3-9(4-8)20(22)23/h1-5H,6-7,15H2,(H,16,21). The summed E-state index contributed by atoms with van der Waals surface area (Å²) >= 11 is 0.